The molecule has 0 aliphatic carbocycles. The summed E-state index contributed by atoms with van der Waals surface area (Å²) in [6, 6.07) is 9.82. The fourth-order valence-electron chi connectivity index (χ4n) is 2.75. The summed E-state index contributed by atoms with van der Waals surface area (Å²) in [6.07, 6.45) is -0.0233. The van der Waals surface area contributed by atoms with Crippen LogP contribution in [-0.4, -0.2) is 32.1 Å². The van der Waals surface area contributed by atoms with Gasteiger partial charge in [-0.1, -0.05) is 6.07 Å². The highest BCUT2D eigenvalue weighted by Crippen LogP contribution is 2.35. The molecular formula is C18H17FN2O4. The first-order chi connectivity index (χ1) is 12.0. The molecule has 1 atom stereocenters. The molecule has 2 aromatic carbocycles. The second-order valence-electron chi connectivity index (χ2n) is 5.52. The second-order valence-corrected chi connectivity index (χ2v) is 5.52. The Morgan fingerprint density at radius 2 is 1.92 bits per heavy atom. The number of ether oxygens (including phenoxy) is 2. The molecule has 25 heavy (non-hydrogen) atoms. The summed E-state index contributed by atoms with van der Waals surface area (Å²) in [6.45, 7) is 0. The number of benzene rings is 2. The summed E-state index contributed by atoms with van der Waals surface area (Å²) in [7, 11) is 2.96. The van der Waals surface area contributed by atoms with Crippen LogP contribution in [0.3, 0.4) is 0 Å². The zero-order valence-electron chi connectivity index (χ0n) is 13.8. The van der Waals surface area contributed by atoms with E-state index < -0.39 is 17.8 Å². The van der Waals surface area contributed by atoms with E-state index in [2.05, 4.69) is 5.32 Å². The van der Waals surface area contributed by atoms with Crippen molar-refractivity contribution in [1.82, 2.24) is 0 Å². The van der Waals surface area contributed by atoms with Crippen LogP contribution in [0.1, 0.15) is 6.42 Å². The molecule has 1 aliphatic heterocycles. The first-order valence-corrected chi connectivity index (χ1v) is 7.64. The summed E-state index contributed by atoms with van der Waals surface area (Å²) in [5, 5.41) is 2.90. The highest BCUT2D eigenvalue weighted by atomic mass is 19.1. The first-order valence-electron chi connectivity index (χ1n) is 7.64. The molecule has 0 bridgehead atoms. The molecule has 0 unspecified atom stereocenters. The molecule has 0 saturated carbocycles. The standard InChI is InChI=1S/C18H17FN2O4/c1-24-13-6-7-15(16(9-13)25-2)21-17(22)10-14(18(21)23)20-12-5-3-4-11(19)8-12/h3-9,14,20H,10H2,1-2H3/t14-/m1/s1. The Morgan fingerprint density at radius 1 is 1.12 bits per heavy atom. The Bertz CT molecular complexity index is 824. The van der Waals surface area contributed by atoms with Gasteiger partial charge in [-0.3, -0.25) is 9.59 Å². The number of methoxy groups -OCH3 is 2. The number of amides is 2. The maximum Gasteiger partial charge on any atom is 0.256 e. The lowest BCUT2D eigenvalue weighted by Crippen LogP contribution is -2.35. The van der Waals surface area contributed by atoms with Gasteiger partial charge in [0.2, 0.25) is 5.91 Å². The van der Waals surface area contributed by atoms with E-state index in [0.29, 0.717) is 22.9 Å². The highest BCUT2D eigenvalue weighted by Gasteiger charge is 2.40. The predicted molar refractivity (Wildman–Crippen MR) is 90.5 cm³/mol. The fourth-order valence-corrected chi connectivity index (χ4v) is 2.75. The normalized spacial score (nSPS) is 16.9. The van der Waals surface area contributed by atoms with E-state index in [-0.39, 0.29) is 12.3 Å². The van der Waals surface area contributed by atoms with Crippen LogP contribution >= 0.6 is 0 Å². The van der Waals surface area contributed by atoms with Crippen LogP contribution < -0.4 is 19.7 Å². The Morgan fingerprint density at radius 3 is 2.60 bits per heavy atom. The minimum Gasteiger partial charge on any atom is -0.497 e. The number of anilines is 2. The number of rotatable bonds is 5. The van der Waals surface area contributed by atoms with Crippen LogP contribution in [0, 0.1) is 5.82 Å². The molecule has 130 valence electrons. The molecule has 1 N–H and O–H groups in total. The quantitative estimate of drug-likeness (QED) is 0.845. The Kier molecular flexibility index (Phi) is 4.56. The van der Waals surface area contributed by atoms with Crippen LogP contribution in [0.2, 0.25) is 0 Å². The molecule has 1 fully saturated rings. The van der Waals surface area contributed by atoms with Crippen molar-refractivity contribution in [3.63, 3.8) is 0 Å². The van der Waals surface area contributed by atoms with Crippen molar-refractivity contribution < 1.29 is 23.5 Å². The number of hydrogen-bond acceptors (Lipinski definition) is 5. The van der Waals surface area contributed by atoms with Gasteiger partial charge in [0.1, 0.15) is 23.4 Å². The number of imide groups is 1. The second kappa shape index (κ2) is 6.80. The van der Waals surface area contributed by atoms with Crippen LogP contribution in [0.25, 0.3) is 0 Å². The Hall–Kier alpha value is -3.09. The van der Waals surface area contributed by atoms with E-state index in [1.54, 1.807) is 24.3 Å². The number of hydrogen-bond donors (Lipinski definition) is 1. The lowest BCUT2D eigenvalue weighted by atomic mass is 10.2. The van der Waals surface area contributed by atoms with Gasteiger partial charge in [0.25, 0.3) is 5.91 Å². The first kappa shape index (κ1) is 16.8. The maximum atomic E-state index is 13.3. The molecule has 3 rings (SSSR count). The average Bonchev–Trinajstić information content (AvgIpc) is 2.88. The van der Waals surface area contributed by atoms with Crippen molar-refractivity contribution in [2.24, 2.45) is 0 Å². The molecule has 1 heterocycles. The molecule has 7 heteroatoms. The number of carbonyl (C=O) groups excluding carboxylic acids is 2. The molecule has 0 aromatic heterocycles. The summed E-state index contributed by atoms with van der Waals surface area (Å²) in [4.78, 5) is 26.1. The Balaban J connectivity index is 1.86. The van der Waals surface area contributed by atoms with Crippen molar-refractivity contribution in [2.75, 3.05) is 24.4 Å². The van der Waals surface area contributed by atoms with Gasteiger partial charge in [0.15, 0.2) is 0 Å². The van der Waals surface area contributed by atoms with Crippen LogP contribution in [0.4, 0.5) is 15.8 Å². The summed E-state index contributed by atoms with van der Waals surface area (Å²) in [5.41, 5.74) is 0.788. The van der Waals surface area contributed by atoms with Gasteiger partial charge < -0.3 is 14.8 Å². The highest BCUT2D eigenvalue weighted by molar-refractivity contribution is 6.23. The van der Waals surface area contributed by atoms with Gasteiger partial charge in [-0.25, -0.2) is 9.29 Å². The van der Waals surface area contributed by atoms with E-state index in [9.17, 15) is 14.0 Å². The van der Waals surface area contributed by atoms with Crippen molar-refractivity contribution in [3.8, 4) is 11.5 Å². The zero-order chi connectivity index (χ0) is 18.0. The molecule has 0 radical (unpaired) electrons. The average molecular weight is 344 g/mol. The van der Waals surface area contributed by atoms with Crippen LogP contribution in [0.5, 0.6) is 11.5 Å². The summed E-state index contributed by atoms with van der Waals surface area (Å²) >= 11 is 0. The van der Waals surface area contributed by atoms with Crippen molar-refractivity contribution >= 4 is 23.2 Å². The van der Waals surface area contributed by atoms with E-state index in [1.807, 2.05) is 0 Å². The van der Waals surface area contributed by atoms with Gasteiger partial charge in [0, 0.05) is 11.8 Å². The predicted octanol–water partition coefficient (Wildman–Crippen LogP) is 2.59. The van der Waals surface area contributed by atoms with Gasteiger partial charge >= 0.3 is 0 Å². The van der Waals surface area contributed by atoms with Crippen molar-refractivity contribution in [2.45, 2.75) is 12.5 Å². The summed E-state index contributed by atoms with van der Waals surface area (Å²) < 4.78 is 23.7. The van der Waals surface area contributed by atoms with Gasteiger partial charge in [-0.15, -0.1) is 0 Å². The third-order valence-electron chi connectivity index (χ3n) is 3.94. The van der Waals surface area contributed by atoms with Gasteiger partial charge in [-0.05, 0) is 30.3 Å². The van der Waals surface area contributed by atoms with E-state index in [1.165, 1.54) is 32.4 Å². The molecule has 1 saturated heterocycles. The minimum atomic E-state index is -0.763. The third kappa shape index (κ3) is 3.26. The largest absolute Gasteiger partial charge is 0.497 e. The SMILES string of the molecule is COc1ccc(N2C(=O)C[C@@H](Nc3cccc(F)c3)C2=O)c(OC)c1. The maximum absolute atomic E-state index is 13.3. The van der Waals surface area contributed by atoms with Crippen LogP contribution in [0.15, 0.2) is 42.5 Å². The molecule has 2 aromatic rings. The topological polar surface area (TPSA) is 67.9 Å². The lowest BCUT2D eigenvalue weighted by molar-refractivity contribution is -0.121. The third-order valence-corrected chi connectivity index (χ3v) is 3.94. The molecule has 6 nitrogen and oxygen atoms in total. The fraction of sp³-hybridized carbons (Fsp3) is 0.222. The lowest BCUT2D eigenvalue weighted by Gasteiger charge is -2.19. The van der Waals surface area contributed by atoms with Gasteiger partial charge in [0.05, 0.1) is 26.3 Å². The number of carbonyl (C=O) groups is 2. The molecule has 0 spiro atoms. The summed E-state index contributed by atoms with van der Waals surface area (Å²) in [5.74, 6) is -0.294. The zero-order valence-corrected chi connectivity index (χ0v) is 13.8. The van der Waals surface area contributed by atoms with Crippen molar-refractivity contribution in [1.29, 1.82) is 0 Å². The minimum absolute atomic E-state index is 0.0233. The van der Waals surface area contributed by atoms with E-state index >= 15 is 0 Å². The molecular weight excluding hydrogens is 327 g/mol. The van der Waals surface area contributed by atoms with Crippen molar-refractivity contribution in [3.05, 3.63) is 48.3 Å². The number of halogens is 1. The molecule has 2 amide bonds. The van der Waals surface area contributed by atoms with Gasteiger partial charge in [-0.2, -0.15) is 0 Å². The number of nitrogens with zero attached hydrogens (tertiary/aromatic N) is 1. The Labute approximate surface area is 144 Å². The smallest absolute Gasteiger partial charge is 0.256 e. The van der Waals surface area contributed by atoms with E-state index in [0.717, 1.165) is 4.90 Å². The monoisotopic (exact) mass is 344 g/mol. The van der Waals surface area contributed by atoms with E-state index in [4.69, 9.17) is 9.47 Å². The van der Waals surface area contributed by atoms with Crippen LogP contribution in [-0.2, 0) is 9.59 Å². The molecule has 1 aliphatic rings. The number of nitrogens with one attached hydrogen (secondary N) is 1.